The first-order chi connectivity index (χ1) is 10.9. The topological polar surface area (TPSA) is 32.3 Å². The zero-order valence-electron chi connectivity index (χ0n) is 15.6. The molecular formula is C20H34N2O. The highest BCUT2D eigenvalue weighted by Gasteiger charge is 2.46. The molecule has 1 aliphatic carbocycles. The molecule has 0 radical (unpaired) electrons. The maximum Gasteiger partial charge on any atom is 0.219 e. The average Bonchev–Trinajstić information content (AvgIpc) is 2.49. The maximum atomic E-state index is 11.5. The van der Waals surface area contributed by atoms with Gasteiger partial charge in [0.2, 0.25) is 5.91 Å². The summed E-state index contributed by atoms with van der Waals surface area (Å²) in [7, 11) is 0. The van der Waals surface area contributed by atoms with Gasteiger partial charge in [0.05, 0.1) is 0 Å². The molecule has 2 aliphatic rings. The molecule has 0 unspecified atom stereocenters. The molecule has 1 saturated heterocycles. The van der Waals surface area contributed by atoms with Gasteiger partial charge in [0.25, 0.3) is 0 Å². The van der Waals surface area contributed by atoms with Crippen LogP contribution in [0.25, 0.3) is 0 Å². The fraction of sp³-hybridized carbons (Fsp3) is 0.750. The third-order valence-electron chi connectivity index (χ3n) is 5.63. The summed E-state index contributed by atoms with van der Waals surface area (Å²) in [5, 5.41) is 3.79. The van der Waals surface area contributed by atoms with Gasteiger partial charge in [0, 0.05) is 31.8 Å². The van der Waals surface area contributed by atoms with Gasteiger partial charge in [-0.25, -0.2) is 0 Å². The first kappa shape index (κ1) is 18.1. The number of allylic oxidation sites excluding steroid dienone is 3. The van der Waals surface area contributed by atoms with E-state index in [0.717, 1.165) is 19.5 Å². The number of carbonyl (C=O) groups excluding carboxylic acids is 1. The lowest BCUT2D eigenvalue weighted by molar-refractivity contribution is -0.132. The summed E-state index contributed by atoms with van der Waals surface area (Å²) >= 11 is 0. The molecule has 2 rings (SSSR count). The SMILES string of the molecule is C/C=C(NC1CC2(CCN(C(C)=O)CC2)C1)\C(=C/CC)C(C)C. The zero-order valence-corrected chi connectivity index (χ0v) is 15.6. The van der Waals surface area contributed by atoms with Crippen LogP contribution in [0.2, 0.25) is 0 Å². The monoisotopic (exact) mass is 318 g/mol. The number of carbonyl (C=O) groups is 1. The Kier molecular flexibility index (Phi) is 5.94. The standard InChI is InChI=1S/C20H34N2O/c1-6-8-18(15(3)4)19(7-2)21-17-13-20(14-17)9-11-22(12-10-20)16(5)23/h7-8,15,17,21H,6,9-14H2,1-5H3/b18-8-,19-7+. The fourth-order valence-electron chi connectivity index (χ4n) is 4.22. The van der Waals surface area contributed by atoms with Gasteiger partial charge in [-0.05, 0) is 55.9 Å². The molecule has 1 N–H and O–H groups in total. The highest BCUT2D eigenvalue weighted by molar-refractivity contribution is 5.73. The third kappa shape index (κ3) is 4.19. The van der Waals surface area contributed by atoms with Crippen molar-refractivity contribution in [3.63, 3.8) is 0 Å². The summed E-state index contributed by atoms with van der Waals surface area (Å²) in [4.78, 5) is 13.5. The summed E-state index contributed by atoms with van der Waals surface area (Å²) in [6.07, 6.45) is 10.5. The van der Waals surface area contributed by atoms with Crippen molar-refractivity contribution in [3.8, 4) is 0 Å². The van der Waals surface area contributed by atoms with Crippen LogP contribution in [-0.2, 0) is 4.79 Å². The van der Waals surface area contributed by atoms with E-state index in [1.165, 1.54) is 37.0 Å². The van der Waals surface area contributed by atoms with Crippen molar-refractivity contribution in [2.45, 2.75) is 72.8 Å². The number of piperidine rings is 1. The number of hydrogen-bond donors (Lipinski definition) is 1. The van der Waals surface area contributed by atoms with Crippen LogP contribution >= 0.6 is 0 Å². The lowest BCUT2D eigenvalue weighted by atomic mass is 9.60. The molecule has 1 aliphatic heterocycles. The average molecular weight is 319 g/mol. The van der Waals surface area contributed by atoms with Crippen molar-refractivity contribution in [1.29, 1.82) is 0 Å². The van der Waals surface area contributed by atoms with Gasteiger partial charge in [-0.2, -0.15) is 0 Å². The molecule has 23 heavy (non-hydrogen) atoms. The molecule has 0 aromatic carbocycles. The molecule has 1 heterocycles. The predicted octanol–water partition coefficient (Wildman–Crippen LogP) is 4.26. The lowest BCUT2D eigenvalue weighted by Crippen LogP contribution is -2.54. The second-order valence-corrected chi connectivity index (χ2v) is 7.68. The molecule has 130 valence electrons. The van der Waals surface area contributed by atoms with Gasteiger partial charge in [0.1, 0.15) is 0 Å². The van der Waals surface area contributed by atoms with Crippen LogP contribution in [0.5, 0.6) is 0 Å². The molecule has 1 amide bonds. The minimum absolute atomic E-state index is 0.233. The number of nitrogens with one attached hydrogen (secondary N) is 1. The third-order valence-corrected chi connectivity index (χ3v) is 5.63. The van der Waals surface area contributed by atoms with Gasteiger partial charge in [-0.3, -0.25) is 4.79 Å². The Bertz CT molecular complexity index is 474. The summed E-state index contributed by atoms with van der Waals surface area (Å²) in [5.41, 5.74) is 3.26. The Morgan fingerprint density at radius 2 is 1.91 bits per heavy atom. The van der Waals surface area contributed by atoms with E-state index in [-0.39, 0.29) is 5.91 Å². The smallest absolute Gasteiger partial charge is 0.219 e. The second-order valence-electron chi connectivity index (χ2n) is 7.68. The van der Waals surface area contributed by atoms with E-state index in [9.17, 15) is 4.79 Å². The largest absolute Gasteiger partial charge is 0.382 e. The summed E-state index contributed by atoms with van der Waals surface area (Å²) < 4.78 is 0. The lowest BCUT2D eigenvalue weighted by Gasteiger charge is -2.52. The molecular weight excluding hydrogens is 284 g/mol. The quantitative estimate of drug-likeness (QED) is 0.768. The number of rotatable bonds is 5. The summed E-state index contributed by atoms with van der Waals surface area (Å²) in [5.74, 6) is 0.790. The van der Waals surface area contributed by atoms with Crippen molar-refractivity contribution < 1.29 is 4.79 Å². The summed E-state index contributed by atoms with van der Waals surface area (Å²) in [6, 6.07) is 0.601. The Morgan fingerprint density at radius 3 is 2.35 bits per heavy atom. The van der Waals surface area contributed by atoms with E-state index in [4.69, 9.17) is 0 Å². The van der Waals surface area contributed by atoms with E-state index in [1.54, 1.807) is 6.92 Å². The van der Waals surface area contributed by atoms with Crippen LogP contribution in [0, 0.1) is 11.3 Å². The molecule has 1 spiro atoms. The Balaban J connectivity index is 1.88. The molecule has 0 aromatic rings. The first-order valence-electron chi connectivity index (χ1n) is 9.29. The van der Waals surface area contributed by atoms with Crippen LogP contribution in [0.4, 0.5) is 0 Å². The van der Waals surface area contributed by atoms with Crippen LogP contribution in [0.15, 0.2) is 23.4 Å². The number of amides is 1. The van der Waals surface area contributed by atoms with Gasteiger partial charge in [-0.1, -0.05) is 32.9 Å². The molecule has 1 saturated carbocycles. The van der Waals surface area contributed by atoms with Crippen LogP contribution in [-0.4, -0.2) is 29.9 Å². The number of hydrogen-bond acceptors (Lipinski definition) is 2. The maximum absolute atomic E-state index is 11.5. The number of nitrogens with zero attached hydrogens (tertiary/aromatic N) is 1. The van der Waals surface area contributed by atoms with Crippen LogP contribution in [0.1, 0.15) is 66.7 Å². The van der Waals surface area contributed by atoms with Gasteiger partial charge in [-0.15, -0.1) is 0 Å². The first-order valence-corrected chi connectivity index (χ1v) is 9.29. The Labute approximate surface area is 142 Å². The normalized spacial score (nSPS) is 22.4. The summed E-state index contributed by atoms with van der Waals surface area (Å²) in [6.45, 7) is 12.5. The van der Waals surface area contributed by atoms with Gasteiger partial charge >= 0.3 is 0 Å². The van der Waals surface area contributed by atoms with E-state index >= 15 is 0 Å². The fourth-order valence-corrected chi connectivity index (χ4v) is 4.22. The highest BCUT2D eigenvalue weighted by Crippen LogP contribution is 2.49. The minimum atomic E-state index is 0.233. The van der Waals surface area contributed by atoms with Crippen molar-refractivity contribution in [2.75, 3.05) is 13.1 Å². The molecule has 2 fully saturated rings. The van der Waals surface area contributed by atoms with Crippen molar-refractivity contribution in [1.82, 2.24) is 10.2 Å². The predicted molar refractivity (Wildman–Crippen MR) is 97.0 cm³/mol. The van der Waals surface area contributed by atoms with Crippen molar-refractivity contribution >= 4 is 5.91 Å². The van der Waals surface area contributed by atoms with Crippen molar-refractivity contribution in [2.24, 2.45) is 11.3 Å². The Hall–Kier alpha value is -1.25. The molecule has 3 nitrogen and oxygen atoms in total. The van der Waals surface area contributed by atoms with Gasteiger partial charge < -0.3 is 10.2 Å². The van der Waals surface area contributed by atoms with Crippen molar-refractivity contribution in [3.05, 3.63) is 23.4 Å². The van der Waals surface area contributed by atoms with E-state index < -0.39 is 0 Å². The van der Waals surface area contributed by atoms with E-state index in [0.29, 0.717) is 17.4 Å². The second kappa shape index (κ2) is 7.55. The highest BCUT2D eigenvalue weighted by atomic mass is 16.2. The zero-order chi connectivity index (χ0) is 17.0. The minimum Gasteiger partial charge on any atom is -0.382 e. The molecule has 0 atom stereocenters. The number of likely N-dealkylation sites (tertiary alicyclic amines) is 1. The molecule has 3 heteroatoms. The molecule has 0 aromatic heterocycles. The molecule has 0 bridgehead atoms. The van der Waals surface area contributed by atoms with Crippen LogP contribution < -0.4 is 5.32 Å². The van der Waals surface area contributed by atoms with E-state index in [2.05, 4.69) is 45.2 Å². The Morgan fingerprint density at radius 1 is 1.30 bits per heavy atom. The van der Waals surface area contributed by atoms with Gasteiger partial charge in [0.15, 0.2) is 0 Å². The van der Waals surface area contributed by atoms with Crippen LogP contribution in [0.3, 0.4) is 0 Å². The van der Waals surface area contributed by atoms with E-state index in [1.807, 2.05) is 4.90 Å².